The summed E-state index contributed by atoms with van der Waals surface area (Å²) in [5.74, 6) is 1.28. The lowest BCUT2D eigenvalue weighted by atomic mass is 9.99. The van der Waals surface area contributed by atoms with Gasteiger partial charge in [0.05, 0.1) is 27.9 Å². The third-order valence-corrected chi connectivity index (χ3v) is 6.02. The second-order valence-electron chi connectivity index (χ2n) is 8.22. The maximum atomic E-state index is 10.3. The molecule has 0 spiro atoms. The van der Waals surface area contributed by atoms with Crippen LogP contribution in [0.5, 0.6) is 34.5 Å². The van der Waals surface area contributed by atoms with Gasteiger partial charge in [-0.05, 0) is 24.1 Å². The molecule has 204 valence electrons. The van der Waals surface area contributed by atoms with Gasteiger partial charge in [0.25, 0.3) is 0 Å². The van der Waals surface area contributed by atoms with Crippen LogP contribution in [0.4, 0.5) is 0 Å². The normalized spacial score (nSPS) is 23.9. The minimum Gasteiger partial charge on any atom is -0.504 e. The van der Waals surface area contributed by atoms with Crippen molar-refractivity contribution in [3.8, 4) is 34.5 Å². The van der Waals surface area contributed by atoms with Crippen molar-refractivity contribution in [1.29, 1.82) is 0 Å². The average Bonchev–Trinajstić information content (AvgIpc) is 2.91. The zero-order valence-electron chi connectivity index (χ0n) is 21.2. The maximum Gasteiger partial charge on any atom is 0.229 e. The summed E-state index contributed by atoms with van der Waals surface area (Å²) < 4.78 is 33.3. The summed E-state index contributed by atoms with van der Waals surface area (Å²) >= 11 is 0. The highest BCUT2D eigenvalue weighted by Crippen LogP contribution is 2.43. The van der Waals surface area contributed by atoms with E-state index in [9.17, 15) is 25.5 Å². The van der Waals surface area contributed by atoms with Gasteiger partial charge in [-0.3, -0.25) is 0 Å². The van der Waals surface area contributed by atoms with Crippen LogP contribution in [-0.4, -0.2) is 90.8 Å². The third kappa shape index (κ3) is 6.20. The lowest BCUT2D eigenvalue weighted by Crippen LogP contribution is -2.60. The number of hydrogen-bond acceptors (Lipinski definition) is 11. The largest absolute Gasteiger partial charge is 0.504 e. The Labute approximate surface area is 215 Å². The number of aromatic hydroxyl groups is 1. The molecule has 1 heterocycles. The zero-order valence-corrected chi connectivity index (χ0v) is 21.2. The number of phenols is 1. The van der Waals surface area contributed by atoms with Crippen LogP contribution in [-0.2, 0) is 4.74 Å². The molecule has 0 saturated carbocycles. The Morgan fingerprint density at radius 3 is 2.19 bits per heavy atom. The van der Waals surface area contributed by atoms with E-state index in [2.05, 4.69) is 0 Å². The monoisotopic (exact) mass is 522 g/mol. The molecule has 0 unspecified atom stereocenters. The van der Waals surface area contributed by atoms with Gasteiger partial charge in [0.1, 0.15) is 36.8 Å². The van der Waals surface area contributed by atoms with E-state index in [1.54, 1.807) is 24.3 Å². The van der Waals surface area contributed by atoms with Crippen LogP contribution in [0.15, 0.2) is 36.4 Å². The van der Waals surface area contributed by atoms with Crippen LogP contribution in [0, 0.1) is 0 Å². The SMILES string of the molecule is CCC(=CCOc1cc(OC)c(O[C@H]2O[C@H](CO)[C@@H](O)[C@H](O)[C@H]2O)c(OC)c1)c1cccc(O)c1OC. The maximum absolute atomic E-state index is 10.3. The van der Waals surface area contributed by atoms with Crippen molar-refractivity contribution in [2.45, 2.75) is 44.1 Å². The molecule has 5 N–H and O–H groups in total. The Kier molecular flexibility index (Phi) is 9.84. The fraction of sp³-hybridized carbons (Fsp3) is 0.462. The van der Waals surface area contributed by atoms with Crippen LogP contribution < -0.4 is 23.7 Å². The number of allylic oxidation sites excluding steroid dienone is 1. The van der Waals surface area contributed by atoms with Gasteiger partial charge in [-0.15, -0.1) is 0 Å². The number of aliphatic hydroxyl groups excluding tert-OH is 4. The zero-order chi connectivity index (χ0) is 27.1. The molecule has 3 rings (SSSR count). The predicted molar refractivity (Wildman–Crippen MR) is 132 cm³/mol. The first-order chi connectivity index (χ1) is 17.8. The molecule has 0 bridgehead atoms. The number of phenolic OH excluding ortho intramolecular Hbond substituents is 1. The van der Waals surface area contributed by atoms with Gasteiger partial charge in [0.15, 0.2) is 23.0 Å². The van der Waals surface area contributed by atoms with E-state index in [1.165, 1.54) is 21.3 Å². The van der Waals surface area contributed by atoms with Gasteiger partial charge in [0, 0.05) is 17.7 Å². The number of ether oxygens (including phenoxy) is 6. The first-order valence-corrected chi connectivity index (χ1v) is 11.7. The molecule has 1 aliphatic rings. The van der Waals surface area contributed by atoms with Crippen LogP contribution in [0.1, 0.15) is 18.9 Å². The lowest BCUT2D eigenvalue weighted by molar-refractivity contribution is -0.277. The lowest BCUT2D eigenvalue weighted by Gasteiger charge is -2.39. The van der Waals surface area contributed by atoms with Crippen molar-refractivity contribution in [2.24, 2.45) is 0 Å². The molecule has 5 atom stereocenters. The molecule has 2 aromatic rings. The van der Waals surface area contributed by atoms with E-state index in [0.29, 0.717) is 17.9 Å². The molecule has 0 aliphatic carbocycles. The summed E-state index contributed by atoms with van der Waals surface area (Å²) in [4.78, 5) is 0. The summed E-state index contributed by atoms with van der Waals surface area (Å²) in [5.41, 5.74) is 1.67. The summed E-state index contributed by atoms with van der Waals surface area (Å²) in [6, 6.07) is 8.25. The molecule has 0 amide bonds. The number of hydrogen-bond donors (Lipinski definition) is 5. The first kappa shape index (κ1) is 28.4. The van der Waals surface area contributed by atoms with Gasteiger partial charge in [-0.1, -0.05) is 19.1 Å². The second-order valence-corrected chi connectivity index (χ2v) is 8.22. The van der Waals surface area contributed by atoms with Gasteiger partial charge < -0.3 is 54.0 Å². The number of para-hydroxylation sites is 1. The van der Waals surface area contributed by atoms with Crippen LogP contribution in [0.25, 0.3) is 5.57 Å². The standard InChI is InChI=1S/C26H34O11/c1-5-14(16-7-6-8-17(28)24(16)34-4)9-10-35-15-11-18(32-2)25(19(12-15)33-3)37-26-23(31)22(30)21(29)20(13-27)36-26/h6-9,11-12,20-23,26-31H,5,10,13H2,1-4H3/t20-,21-,22+,23-,26-/m1/s1. The van der Waals surface area contributed by atoms with Gasteiger partial charge in [-0.25, -0.2) is 0 Å². The van der Waals surface area contributed by atoms with Crippen molar-refractivity contribution in [3.63, 3.8) is 0 Å². The van der Waals surface area contributed by atoms with E-state index in [0.717, 1.165) is 11.1 Å². The summed E-state index contributed by atoms with van der Waals surface area (Å²) in [7, 11) is 4.30. The van der Waals surface area contributed by atoms with E-state index in [1.807, 2.05) is 19.1 Å². The van der Waals surface area contributed by atoms with Crippen molar-refractivity contribution < 1.29 is 54.0 Å². The Hall–Kier alpha value is -3.22. The quantitative estimate of drug-likeness (QED) is 0.291. The number of methoxy groups -OCH3 is 3. The van der Waals surface area contributed by atoms with Crippen molar-refractivity contribution >= 4 is 5.57 Å². The molecule has 11 nitrogen and oxygen atoms in total. The van der Waals surface area contributed by atoms with E-state index < -0.39 is 37.3 Å². The molecular formula is C26H34O11. The van der Waals surface area contributed by atoms with Crippen LogP contribution in [0.2, 0.25) is 0 Å². The number of aliphatic hydroxyl groups is 4. The molecule has 1 fully saturated rings. The van der Waals surface area contributed by atoms with E-state index in [-0.39, 0.29) is 29.6 Å². The molecular weight excluding hydrogens is 488 g/mol. The van der Waals surface area contributed by atoms with E-state index >= 15 is 0 Å². The minimum absolute atomic E-state index is 0.0460. The third-order valence-electron chi connectivity index (χ3n) is 6.02. The smallest absolute Gasteiger partial charge is 0.229 e. The van der Waals surface area contributed by atoms with Gasteiger partial charge in [0.2, 0.25) is 12.0 Å². The topological polar surface area (TPSA) is 157 Å². The van der Waals surface area contributed by atoms with Crippen molar-refractivity contribution in [2.75, 3.05) is 34.5 Å². The predicted octanol–water partition coefficient (Wildman–Crippen LogP) is 1.47. The Balaban J connectivity index is 1.81. The van der Waals surface area contributed by atoms with E-state index in [4.69, 9.17) is 28.4 Å². The molecule has 1 saturated heterocycles. The molecule has 2 aromatic carbocycles. The van der Waals surface area contributed by atoms with Crippen LogP contribution >= 0.6 is 0 Å². The highest BCUT2D eigenvalue weighted by molar-refractivity contribution is 5.73. The summed E-state index contributed by atoms with van der Waals surface area (Å²) in [6.45, 7) is 1.57. The molecule has 1 aliphatic heterocycles. The van der Waals surface area contributed by atoms with Crippen LogP contribution in [0.3, 0.4) is 0 Å². The number of rotatable bonds is 11. The Bertz CT molecular complexity index is 1040. The van der Waals surface area contributed by atoms with Crippen molar-refractivity contribution in [3.05, 3.63) is 42.0 Å². The van der Waals surface area contributed by atoms with Crippen molar-refractivity contribution in [1.82, 2.24) is 0 Å². The molecule has 37 heavy (non-hydrogen) atoms. The fourth-order valence-electron chi connectivity index (χ4n) is 4.01. The summed E-state index contributed by atoms with van der Waals surface area (Å²) in [6.07, 6.45) is -4.73. The second kappa shape index (κ2) is 12.8. The highest BCUT2D eigenvalue weighted by atomic mass is 16.7. The molecule has 11 heteroatoms. The number of benzene rings is 2. The average molecular weight is 523 g/mol. The Morgan fingerprint density at radius 1 is 0.946 bits per heavy atom. The highest BCUT2D eigenvalue weighted by Gasteiger charge is 2.45. The summed E-state index contributed by atoms with van der Waals surface area (Å²) in [5, 5.41) is 49.9. The minimum atomic E-state index is -1.60. The fourth-order valence-corrected chi connectivity index (χ4v) is 4.01. The molecule has 0 radical (unpaired) electrons. The van der Waals surface area contributed by atoms with Gasteiger partial charge in [-0.2, -0.15) is 0 Å². The van der Waals surface area contributed by atoms with Gasteiger partial charge >= 0.3 is 0 Å². The molecule has 0 aromatic heterocycles. The Morgan fingerprint density at radius 2 is 1.62 bits per heavy atom. The first-order valence-electron chi connectivity index (χ1n) is 11.7.